The number of ether oxygens (including phenoxy) is 1. The molecule has 1 N–H and O–H groups in total. The van der Waals surface area contributed by atoms with E-state index in [1.807, 2.05) is 0 Å². The van der Waals surface area contributed by atoms with Gasteiger partial charge in [0.25, 0.3) is 10.0 Å². The molecule has 1 saturated heterocycles. The van der Waals surface area contributed by atoms with Gasteiger partial charge in [-0.15, -0.1) is 0 Å². The number of carbonyl (C=O) groups excluding carboxylic acids is 3. The zero-order valence-electron chi connectivity index (χ0n) is 14.3. The first-order chi connectivity index (χ1) is 12.8. The van der Waals surface area contributed by atoms with Crippen LogP contribution in [0, 0.1) is 0 Å². The van der Waals surface area contributed by atoms with Gasteiger partial charge in [-0.1, -0.05) is 0 Å². The van der Waals surface area contributed by atoms with Crippen molar-refractivity contribution in [2.45, 2.75) is 17.7 Å². The third-order valence-corrected chi connectivity index (χ3v) is 5.41. The van der Waals surface area contributed by atoms with Gasteiger partial charge >= 0.3 is 5.97 Å². The summed E-state index contributed by atoms with van der Waals surface area (Å²) < 4.78 is 32.0. The summed E-state index contributed by atoms with van der Waals surface area (Å²) in [6, 6.07) is 11.2. The smallest absolute Gasteiger partial charge is 0.337 e. The van der Waals surface area contributed by atoms with Gasteiger partial charge in [0.05, 0.1) is 23.3 Å². The van der Waals surface area contributed by atoms with Gasteiger partial charge in [-0.25, -0.2) is 13.2 Å². The molecule has 0 atom stereocenters. The number of methoxy groups -OCH3 is 1. The Balaban J connectivity index is 1.78. The van der Waals surface area contributed by atoms with Crippen molar-refractivity contribution in [1.82, 2.24) is 0 Å². The van der Waals surface area contributed by atoms with Crippen LogP contribution >= 0.6 is 0 Å². The van der Waals surface area contributed by atoms with Crippen LogP contribution in [0.25, 0.3) is 0 Å². The Bertz CT molecular complexity index is 981. The van der Waals surface area contributed by atoms with Gasteiger partial charge in [0.1, 0.15) is 0 Å². The molecule has 0 unspecified atom stereocenters. The van der Waals surface area contributed by atoms with Crippen LogP contribution in [0.1, 0.15) is 23.2 Å². The highest BCUT2D eigenvalue weighted by Gasteiger charge is 2.30. The summed E-state index contributed by atoms with van der Waals surface area (Å²) in [7, 11) is -2.62. The lowest BCUT2D eigenvalue weighted by Crippen LogP contribution is -2.28. The minimum atomic E-state index is -3.87. The highest BCUT2D eigenvalue weighted by Crippen LogP contribution is 2.25. The van der Waals surface area contributed by atoms with Gasteiger partial charge in [-0.05, 0) is 48.5 Å². The Morgan fingerprint density at radius 2 is 1.52 bits per heavy atom. The van der Waals surface area contributed by atoms with Gasteiger partial charge in [0, 0.05) is 18.5 Å². The number of carbonyl (C=O) groups is 3. The molecule has 0 spiro atoms. The molecule has 1 aliphatic heterocycles. The molecule has 27 heavy (non-hydrogen) atoms. The first kappa shape index (κ1) is 18.6. The van der Waals surface area contributed by atoms with E-state index in [0.29, 0.717) is 11.3 Å². The van der Waals surface area contributed by atoms with Crippen LogP contribution in [0.4, 0.5) is 11.4 Å². The lowest BCUT2D eigenvalue weighted by molar-refractivity contribution is -0.121. The number of hydrogen-bond donors (Lipinski definition) is 1. The van der Waals surface area contributed by atoms with Crippen molar-refractivity contribution in [3.63, 3.8) is 0 Å². The van der Waals surface area contributed by atoms with E-state index in [4.69, 9.17) is 0 Å². The lowest BCUT2D eigenvalue weighted by atomic mass is 10.2. The lowest BCUT2D eigenvalue weighted by Gasteiger charge is -2.14. The number of sulfonamides is 1. The highest BCUT2D eigenvalue weighted by atomic mass is 32.2. The molecule has 2 amide bonds. The van der Waals surface area contributed by atoms with Crippen LogP contribution in [0.15, 0.2) is 53.4 Å². The van der Waals surface area contributed by atoms with Gasteiger partial charge < -0.3 is 4.74 Å². The first-order valence-corrected chi connectivity index (χ1v) is 9.47. The van der Waals surface area contributed by atoms with Crippen LogP contribution in [-0.4, -0.2) is 33.3 Å². The van der Waals surface area contributed by atoms with Gasteiger partial charge in [0.2, 0.25) is 11.8 Å². The average Bonchev–Trinajstić information content (AvgIpc) is 3.00. The van der Waals surface area contributed by atoms with E-state index in [1.54, 1.807) is 0 Å². The summed E-state index contributed by atoms with van der Waals surface area (Å²) in [6.07, 6.45) is 0.310. The number of esters is 1. The van der Waals surface area contributed by atoms with Crippen LogP contribution in [-0.2, 0) is 24.3 Å². The van der Waals surface area contributed by atoms with E-state index in [-0.39, 0.29) is 35.2 Å². The van der Waals surface area contributed by atoms with E-state index in [9.17, 15) is 22.8 Å². The monoisotopic (exact) mass is 388 g/mol. The quantitative estimate of drug-likeness (QED) is 0.619. The second kappa shape index (κ2) is 7.20. The minimum Gasteiger partial charge on any atom is -0.465 e. The number of nitrogens with zero attached hydrogens (tertiary/aromatic N) is 1. The molecule has 0 saturated carbocycles. The number of imide groups is 1. The molecule has 3 rings (SSSR count). The molecular weight excluding hydrogens is 372 g/mol. The van der Waals surface area contributed by atoms with Crippen molar-refractivity contribution < 1.29 is 27.5 Å². The number of rotatable bonds is 5. The van der Waals surface area contributed by atoms with Gasteiger partial charge in [-0.3, -0.25) is 19.2 Å². The van der Waals surface area contributed by atoms with Crippen molar-refractivity contribution >= 4 is 39.2 Å². The average molecular weight is 388 g/mol. The highest BCUT2D eigenvalue weighted by molar-refractivity contribution is 7.92. The molecule has 0 bridgehead atoms. The van der Waals surface area contributed by atoms with Crippen LogP contribution in [0.5, 0.6) is 0 Å². The number of hydrogen-bond acceptors (Lipinski definition) is 6. The Labute approximate surface area is 155 Å². The number of benzene rings is 2. The largest absolute Gasteiger partial charge is 0.465 e. The summed E-state index contributed by atoms with van der Waals surface area (Å²) in [5, 5.41) is 0. The number of anilines is 2. The third-order valence-electron chi connectivity index (χ3n) is 4.01. The molecule has 8 nitrogen and oxygen atoms in total. The second-order valence-electron chi connectivity index (χ2n) is 5.79. The van der Waals surface area contributed by atoms with E-state index < -0.39 is 16.0 Å². The minimum absolute atomic E-state index is 0.0256. The summed E-state index contributed by atoms with van der Waals surface area (Å²) >= 11 is 0. The molecule has 2 aromatic carbocycles. The number of nitrogens with one attached hydrogen (secondary N) is 1. The molecule has 9 heteroatoms. The molecule has 1 aliphatic rings. The fraction of sp³-hybridized carbons (Fsp3) is 0.167. The van der Waals surface area contributed by atoms with Crippen molar-refractivity contribution in [1.29, 1.82) is 0 Å². The molecule has 0 radical (unpaired) electrons. The molecule has 1 fully saturated rings. The van der Waals surface area contributed by atoms with E-state index >= 15 is 0 Å². The van der Waals surface area contributed by atoms with Crippen molar-refractivity contribution in [3.8, 4) is 0 Å². The predicted octanol–water partition coefficient (Wildman–Crippen LogP) is 1.93. The molecule has 0 aliphatic carbocycles. The fourth-order valence-corrected chi connectivity index (χ4v) is 3.70. The summed E-state index contributed by atoms with van der Waals surface area (Å²) in [5.74, 6) is -1.13. The Morgan fingerprint density at radius 3 is 2.04 bits per heavy atom. The van der Waals surface area contributed by atoms with E-state index in [1.165, 1.54) is 55.6 Å². The van der Waals surface area contributed by atoms with Gasteiger partial charge in [-0.2, -0.15) is 0 Å². The van der Waals surface area contributed by atoms with Crippen LogP contribution < -0.4 is 9.62 Å². The van der Waals surface area contributed by atoms with Crippen LogP contribution in [0.3, 0.4) is 0 Å². The Hall–Kier alpha value is -3.20. The SMILES string of the molecule is COC(=O)c1ccc(NS(=O)(=O)c2ccc(N3C(=O)CCC3=O)cc2)cc1. The molecule has 1 heterocycles. The molecule has 2 aromatic rings. The van der Waals surface area contributed by atoms with E-state index in [2.05, 4.69) is 9.46 Å². The zero-order valence-corrected chi connectivity index (χ0v) is 15.2. The fourth-order valence-electron chi connectivity index (χ4n) is 2.65. The number of amides is 2. The maximum Gasteiger partial charge on any atom is 0.337 e. The maximum absolute atomic E-state index is 12.5. The standard InChI is InChI=1S/C18H16N2O6S/c1-26-18(23)12-2-4-13(5-3-12)19-27(24,25)15-8-6-14(7-9-15)20-16(21)10-11-17(20)22/h2-9,19H,10-11H2,1H3. The summed E-state index contributed by atoms with van der Waals surface area (Å²) in [6.45, 7) is 0. The predicted molar refractivity (Wildman–Crippen MR) is 96.8 cm³/mol. The molecule has 140 valence electrons. The normalized spacial score (nSPS) is 14.3. The van der Waals surface area contributed by atoms with Crippen molar-refractivity contribution in [3.05, 3.63) is 54.1 Å². The molecular formula is C18H16N2O6S. The van der Waals surface area contributed by atoms with Crippen molar-refractivity contribution in [2.24, 2.45) is 0 Å². The zero-order chi connectivity index (χ0) is 19.6. The second-order valence-corrected chi connectivity index (χ2v) is 7.47. The maximum atomic E-state index is 12.5. The Kier molecular flexibility index (Phi) is 4.95. The summed E-state index contributed by atoms with van der Waals surface area (Å²) in [5.41, 5.74) is 0.908. The van der Waals surface area contributed by atoms with Gasteiger partial charge in [0.15, 0.2) is 0 Å². The van der Waals surface area contributed by atoms with Crippen molar-refractivity contribution in [2.75, 3.05) is 16.7 Å². The molecule has 0 aromatic heterocycles. The Morgan fingerprint density at radius 1 is 0.963 bits per heavy atom. The van der Waals surface area contributed by atoms with E-state index in [0.717, 1.165) is 4.90 Å². The topological polar surface area (TPSA) is 110 Å². The summed E-state index contributed by atoms with van der Waals surface area (Å²) in [4.78, 5) is 35.9. The van der Waals surface area contributed by atoms with Crippen LogP contribution in [0.2, 0.25) is 0 Å². The first-order valence-electron chi connectivity index (χ1n) is 7.99. The third kappa shape index (κ3) is 3.82.